The maximum Gasteiger partial charge on any atom is 0.237 e. The Morgan fingerprint density at radius 2 is 2.32 bits per heavy atom. The highest BCUT2D eigenvalue weighted by Crippen LogP contribution is 2.29. The number of carbonyl (C=O) groups excluding carboxylic acids is 1. The summed E-state index contributed by atoms with van der Waals surface area (Å²) in [7, 11) is 0. The zero-order chi connectivity index (χ0) is 13.8. The lowest BCUT2D eigenvalue weighted by atomic mass is 10.0. The highest BCUT2D eigenvalue weighted by Gasteiger charge is 2.30. The molecule has 0 aliphatic heterocycles. The second kappa shape index (κ2) is 6.19. The Bertz CT molecular complexity index is 402. The van der Waals surface area contributed by atoms with Crippen molar-refractivity contribution in [2.24, 2.45) is 11.7 Å². The number of carbonyl (C=O) groups is 1. The number of hydrogen-bond acceptors (Lipinski definition) is 3. The molecule has 1 aromatic rings. The predicted octanol–water partition coefficient (Wildman–Crippen LogP) is 1.47. The molecular weight excluding hydrogens is 240 g/mol. The van der Waals surface area contributed by atoms with Crippen molar-refractivity contribution < 1.29 is 4.79 Å². The third kappa shape index (κ3) is 3.56. The molecule has 1 heterocycles. The number of imidazole rings is 1. The minimum Gasteiger partial charge on any atom is -0.350 e. The molecule has 0 saturated heterocycles. The topological polar surface area (TPSA) is 72.9 Å². The van der Waals surface area contributed by atoms with E-state index < -0.39 is 6.04 Å². The first kappa shape index (κ1) is 14.1. The summed E-state index contributed by atoms with van der Waals surface area (Å²) in [4.78, 5) is 16.2. The molecular formula is C14H24N4O. The molecule has 0 aromatic carbocycles. The third-order valence-corrected chi connectivity index (χ3v) is 3.78. The minimum absolute atomic E-state index is 0.0225. The fourth-order valence-corrected chi connectivity index (χ4v) is 2.84. The Labute approximate surface area is 114 Å². The molecule has 0 bridgehead atoms. The van der Waals surface area contributed by atoms with E-state index >= 15 is 0 Å². The lowest BCUT2D eigenvalue weighted by Gasteiger charge is -2.24. The van der Waals surface area contributed by atoms with E-state index in [-0.39, 0.29) is 11.9 Å². The van der Waals surface area contributed by atoms with Gasteiger partial charge in [-0.1, -0.05) is 13.8 Å². The molecule has 5 nitrogen and oxygen atoms in total. The van der Waals surface area contributed by atoms with Gasteiger partial charge in [0.25, 0.3) is 0 Å². The standard InChI is InChI=1S/C14H24N4O/c1-10(2)8-11(15)14(19)17-12-4-3-5-13(12)18-7-6-16-9-18/h6-7,9-13H,3-5,8,15H2,1-2H3,(H,17,19)/t11-,12?,13?/m1/s1. The highest BCUT2D eigenvalue weighted by molar-refractivity contribution is 5.81. The van der Waals surface area contributed by atoms with Gasteiger partial charge < -0.3 is 15.6 Å². The van der Waals surface area contributed by atoms with Crippen molar-refractivity contribution in [3.05, 3.63) is 18.7 Å². The molecule has 0 radical (unpaired) electrons. The number of amides is 1. The van der Waals surface area contributed by atoms with Crippen LogP contribution < -0.4 is 11.1 Å². The smallest absolute Gasteiger partial charge is 0.237 e. The molecule has 3 N–H and O–H groups in total. The van der Waals surface area contributed by atoms with Gasteiger partial charge in [-0.3, -0.25) is 4.79 Å². The molecule has 1 fully saturated rings. The summed E-state index contributed by atoms with van der Waals surface area (Å²) in [5.74, 6) is 0.416. The van der Waals surface area contributed by atoms with Gasteiger partial charge in [-0.05, 0) is 31.6 Å². The number of nitrogens with zero attached hydrogens (tertiary/aromatic N) is 2. The van der Waals surface area contributed by atoms with Gasteiger partial charge in [0, 0.05) is 18.4 Å². The zero-order valence-corrected chi connectivity index (χ0v) is 11.7. The summed E-state index contributed by atoms with van der Waals surface area (Å²) in [5.41, 5.74) is 5.93. The molecule has 19 heavy (non-hydrogen) atoms. The van der Waals surface area contributed by atoms with Gasteiger partial charge in [0.15, 0.2) is 0 Å². The van der Waals surface area contributed by atoms with E-state index in [1.54, 1.807) is 6.20 Å². The molecule has 106 valence electrons. The second-order valence-electron chi connectivity index (χ2n) is 5.86. The average Bonchev–Trinajstić information content (AvgIpc) is 2.97. The van der Waals surface area contributed by atoms with Crippen molar-refractivity contribution in [1.82, 2.24) is 14.9 Å². The number of nitrogens with two attached hydrogens (primary N) is 1. The van der Waals surface area contributed by atoms with Gasteiger partial charge in [-0.25, -0.2) is 4.98 Å². The van der Waals surface area contributed by atoms with E-state index in [1.807, 2.05) is 12.5 Å². The lowest BCUT2D eigenvalue weighted by Crippen LogP contribution is -2.47. The van der Waals surface area contributed by atoms with Crippen LogP contribution >= 0.6 is 0 Å². The first-order chi connectivity index (χ1) is 9.08. The van der Waals surface area contributed by atoms with Gasteiger partial charge >= 0.3 is 0 Å². The number of hydrogen-bond donors (Lipinski definition) is 2. The lowest BCUT2D eigenvalue weighted by molar-refractivity contribution is -0.123. The van der Waals surface area contributed by atoms with Crippen molar-refractivity contribution in [3.63, 3.8) is 0 Å². The van der Waals surface area contributed by atoms with Crippen molar-refractivity contribution in [3.8, 4) is 0 Å². The monoisotopic (exact) mass is 264 g/mol. The summed E-state index contributed by atoms with van der Waals surface area (Å²) in [5, 5.41) is 3.11. The average molecular weight is 264 g/mol. The molecule has 2 unspecified atom stereocenters. The van der Waals surface area contributed by atoms with E-state index in [4.69, 9.17) is 5.73 Å². The predicted molar refractivity (Wildman–Crippen MR) is 74.5 cm³/mol. The van der Waals surface area contributed by atoms with Crippen molar-refractivity contribution in [1.29, 1.82) is 0 Å². The molecule has 3 atom stereocenters. The minimum atomic E-state index is -0.399. The van der Waals surface area contributed by atoms with Crippen LogP contribution in [0.2, 0.25) is 0 Å². The summed E-state index contributed by atoms with van der Waals surface area (Å²) in [6.07, 6.45) is 9.53. The number of nitrogens with one attached hydrogen (secondary N) is 1. The van der Waals surface area contributed by atoms with Gasteiger partial charge in [0.05, 0.1) is 18.4 Å². The quantitative estimate of drug-likeness (QED) is 0.845. The van der Waals surface area contributed by atoms with Gasteiger partial charge in [0.2, 0.25) is 5.91 Å². The van der Waals surface area contributed by atoms with E-state index in [1.165, 1.54) is 0 Å². The Hall–Kier alpha value is -1.36. The van der Waals surface area contributed by atoms with E-state index in [2.05, 4.69) is 28.7 Å². The molecule has 1 saturated carbocycles. The normalized spacial score (nSPS) is 24.6. The third-order valence-electron chi connectivity index (χ3n) is 3.78. The molecule has 1 aliphatic carbocycles. The Morgan fingerprint density at radius 1 is 1.53 bits per heavy atom. The highest BCUT2D eigenvalue weighted by atomic mass is 16.2. The van der Waals surface area contributed by atoms with Crippen LogP contribution in [0.1, 0.15) is 45.6 Å². The van der Waals surface area contributed by atoms with Gasteiger partial charge in [-0.2, -0.15) is 0 Å². The molecule has 2 rings (SSSR count). The molecule has 1 aromatic heterocycles. The van der Waals surface area contributed by atoms with E-state index in [0.29, 0.717) is 12.0 Å². The summed E-state index contributed by atoms with van der Waals surface area (Å²) < 4.78 is 2.09. The Balaban J connectivity index is 1.93. The SMILES string of the molecule is CC(C)C[C@@H](N)C(=O)NC1CCCC1n1ccnc1. The van der Waals surface area contributed by atoms with E-state index in [0.717, 1.165) is 25.7 Å². The first-order valence-electron chi connectivity index (χ1n) is 7.11. The summed E-state index contributed by atoms with van der Waals surface area (Å²) in [6.45, 7) is 4.16. The zero-order valence-electron chi connectivity index (χ0n) is 11.7. The molecule has 5 heteroatoms. The second-order valence-corrected chi connectivity index (χ2v) is 5.86. The fraction of sp³-hybridized carbons (Fsp3) is 0.714. The van der Waals surface area contributed by atoms with Gasteiger partial charge in [-0.15, -0.1) is 0 Å². The van der Waals surface area contributed by atoms with Crippen LogP contribution in [0.5, 0.6) is 0 Å². The largest absolute Gasteiger partial charge is 0.350 e. The van der Waals surface area contributed by atoms with Crippen LogP contribution in [0.25, 0.3) is 0 Å². The van der Waals surface area contributed by atoms with Crippen LogP contribution in [0.3, 0.4) is 0 Å². The molecule has 1 aliphatic rings. The fourth-order valence-electron chi connectivity index (χ4n) is 2.84. The van der Waals surface area contributed by atoms with Crippen LogP contribution in [0, 0.1) is 5.92 Å². The van der Waals surface area contributed by atoms with Crippen molar-refractivity contribution >= 4 is 5.91 Å². The number of aromatic nitrogens is 2. The Morgan fingerprint density at radius 3 is 2.95 bits per heavy atom. The Kier molecular flexibility index (Phi) is 4.58. The van der Waals surface area contributed by atoms with Crippen molar-refractivity contribution in [2.75, 3.05) is 0 Å². The molecule has 1 amide bonds. The van der Waals surface area contributed by atoms with Gasteiger partial charge in [0.1, 0.15) is 0 Å². The summed E-state index contributed by atoms with van der Waals surface area (Å²) >= 11 is 0. The van der Waals surface area contributed by atoms with Crippen LogP contribution in [-0.2, 0) is 4.79 Å². The van der Waals surface area contributed by atoms with Crippen LogP contribution in [0.4, 0.5) is 0 Å². The summed E-state index contributed by atoms with van der Waals surface area (Å²) in [6, 6.07) is 0.0987. The number of rotatable bonds is 5. The van der Waals surface area contributed by atoms with Crippen LogP contribution in [-0.4, -0.2) is 27.5 Å². The van der Waals surface area contributed by atoms with E-state index in [9.17, 15) is 4.79 Å². The molecule has 0 spiro atoms. The maximum absolute atomic E-state index is 12.1. The first-order valence-corrected chi connectivity index (χ1v) is 7.11. The van der Waals surface area contributed by atoms with Crippen molar-refractivity contribution in [2.45, 2.75) is 57.7 Å². The van der Waals surface area contributed by atoms with Crippen LogP contribution in [0.15, 0.2) is 18.7 Å². The maximum atomic E-state index is 12.1.